The van der Waals surface area contributed by atoms with Gasteiger partial charge in [0.05, 0.1) is 42.2 Å². The SMILES string of the molecule is CCOc1ccc(C(O)=C2C(=O)C(=O)N(c3nc4ccc(OC)cc4s3)[C@H]2c2ccc(OCC)cc2)cc1. The molecule has 1 aliphatic rings. The van der Waals surface area contributed by atoms with Gasteiger partial charge in [0, 0.05) is 5.56 Å². The minimum atomic E-state index is -0.889. The van der Waals surface area contributed by atoms with Crippen LogP contribution in [0.1, 0.15) is 31.0 Å². The van der Waals surface area contributed by atoms with Crippen molar-refractivity contribution in [3.05, 3.63) is 83.4 Å². The predicted octanol–water partition coefficient (Wildman–Crippen LogP) is 5.73. The number of ketones is 1. The number of thiazole rings is 1. The highest BCUT2D eigenvalue weighted by Gasteiger charge is 2.48. The van der Waals surface area contributed by atoms with Gasteiger partial charge in [-0.1, -0.05) is 23.5 Å². The van der Waals surface area contributed by atoms with Crippen LogP contribution in [0.2, 0.25) is 0 Å². The summed E-state index contributed by atoms with van der Waals surface area (Å²) in [5.41, 5.74) is 1.69. The van der Waals surface area contributed by atoms with E-state index in [2.05, 4.69) is 4.98 Å². The summed E-state index contributed by atoms with van der Waals surface area (Å²) in [5.74, 6) is 0.141. The molecule has 1 saturated heterocycles. The van der Waals surface area contributed by atoms with Crippen LogP contribution in [-0.2, 0) is 9.59 Å². The number of aromatic nitrogens is 1. The van der Waals surface area contributed by atoms with Gasteiger partial charge in [0.2, 0.25) is 0 Å². The van der Waals surface area contributed by atoms with E-state index in [0.717, 1.165) is 4.70 Å². The van der Waals surface area contributed by atoms with E-state index in [1.165, 1.54) is 16.2 Å². The molecule has 1 atom stereocenters. The molecule has 8 nitrogen and oxygen atoms in total. The molecular weight excluding hydrogens is 504 g/mol. The first kappa shape index (κ1) is 25.3. The van der Waals surface area contributed by atoms with Crippen LogP contribution in [-0.4, -0.2) is 42.1 Å². The summed E-state index contributed by atoms with van der Waals surface area (Å²) in [6, 6.07) is 18.4. The molecule has 0 radical (unpaired) electrons. The van der Waals surface area contributed by atoms with Gasteiger partial charge in [-0.25, -0.2) is 4.98 Å². The lowest BCUT2D eigenvalue weighted by Gasteiger charge is -2.23. The van der Waals surface area contributed by atoms with Crippen LogP contribution in [0.25, 0.3) is 16.0 Å². The van der Waals surface area contributed by atoms with E-state index >= 15 is 0 Å². The van der Waals surface area contributed by atoms with Gasteiger partial charge in [0.25, 0.3) is 5.78 Å². The van der Waals surface area contributed by atoms with E-state index in [4.69, 9.17) is 14.2 Å². The first-order valence-electron chi connectivity index (χ1n) is 12.2. The number of benzene rings is 3. The number of fused-ring (bicyclic) bond motifs is 1. The first-order chi connectivity index (χ1) is 18.4. The predicted molar refractivity (Wildman–Crippen MR) is 146 cm³/mol. The van der Waals surface area contributed by atoms with Crippen molar-refractivity contribution in [2.45, 2.75) is 19.9 Å². The molecule has 1 N–H and O–H groups in total. The van der Waals surface area contributed by atoms with Crippen molar-refractivity contribution in [3.8, 4) is 17.2 Å². The molecule has 1 fully saturated rings. The van der Waals surface area contributed by atoms with Crippen molar-refractivity contribution in [1.82, 2.24) is 4.98 Å². The number of nitrogens with zero attached hydrogens (tertiary/aromatic N) is 2. The van der Waals surface area contributed by atoms with Crippen LogP contribution >= 0.6 is 11.3 Å². The number of rotatable bonds is 8. The molecule has 3 aromatic carbocycles. The third-order valence-corrected chi connectivity index (χ3v) is 7.20. The molecule has 1 aliphatic heterocycles. The van der Waals surface area contributed by atoms with Gasteiger partial charge in [-0.2, -0.15) is 0 Å². The number of carbonyl (C=O) groups is 2. The Labute approximate surface area is 223 Å². The Balaban J connectivity index is 1.66. The summed E-state index contributed by atoms with van der Waals surface area (Å²) < 4.78 is 17.2. The van der Waals surface area contributed by atoms with Crippen LogP contribution < -0.4 is 19.1 Å². The summed E-state index contributed by atoms with van der Waals surface area (Å²) in [4.78, 5) is 32.9. The minimum absolute atomic E-state index is 0.0137. The Morgan fingerprint density at radius 1 is 0.921 bits per heavy atom. The number of ether oxygens (including phenoxy) is 3. The third-order valence-electron chi connectivity index (χ3n) is 6.18. The van der Waals surface area contributed by atoms with Crippen molar-refractivity contribution in [1.29, 1.82) is 0 Å². The molecule has 0 unspecified atom stereocenters. The van der Waals surface area contributed by atoms with Crippen molar-refractivity contribution in [2.24, 2.45) is 0 Å². The quantitative estimate of drug-likeness (QED) is 0.177. The Morgan fingerprint density at radius 2 is 1.53 bits per heavy atom. The van der Waals surface area contributed by atoms with Gasteiger partial charge in [-0.05, 0) is 74.0 Å². The fourth-order valence-corrected chi connectivity index (χ4v) is 5.43. The summed E-state index contributed by atoms with van der Waals surface area (Å²) in [7, 11) is 1.58. The smallest absolute Gasteiger partial charge is 0.301 e. The topological polar surface area (TPSA) is 98.2 Å². The molecule has 194 valence electrons. The van der Waals surface area contributed by atoms with E-state index in [9.17, 15) is 14.7 Å². The molecule has 1 amide bonds. The number of hydrogen-bond acceptors (Lipinski definition) is 8. The van der Waals surface area contributed by atoms with Crippen LogP contribution in [0, 0.1) is 0 Å². The molecule has 4 aromatic rings. The molecule has 0 spiro atoms. The number of anilines is 1. The highest BCUT2D eigenvalue weighted by atomic mass is 32.1. The zero-order valence-electron chi connectivity index (χ0n) is 21.1. The molecule has 0 bridgehead atoms. The number of Topliss-reactive ketones (excluding diaryl/α,β-unsaturated/α-hetero) is 1. The first-order valence-corrected chi connectivity index (χ1v) is 13.0. The number of hydrogen-bond donors (Lipinski definition) is 1. The van der Waals surface area contributed by atoms with Gasteiger partial charge in [0.15, 0.2) is 5.13 Å². The lowest BCUT2D eigenvalue weighted by Crippen LogP contribution is -2.29. The molecule has 9 heteroatoms. The molecule has 5 rings (SSSR count). The lowest BCUT2D eigenvalue weighted by atomic mass is 9.95. The second-order valence-corrected chi connectivity index (χ2v) is 9.47. The van der Waals surface area contributed by atoms with Gasteiger partial charge in [0.1, 0.15) is 23.0 Å². The largest absolute Gasteiger partial charge is 0.507 e. The Kier molecular flexibility index (Phi) is 7.02. The summed E-state index contributed by atoms with van der Waals surface area (Å²) in [6.07, 6.45) is 0. The standard InChI is InChI=1S/C29H26N2O6S/c1-4-36-19-10-6-17(7-11-19)25-24(26(32)18-8-12-20(13-9-18)37-5-2)27(33)28(34)31(25)29-30-22-15-14-21(35-3)16-23(22)38-29/h6-16,25,32H,4-5H2,1-3H3/t25-/m0/s1. The highest BCUT2D eigenvalue weighted by molar-refractivity contribution is 7.22. The van der Waals surface area contributed by atoms with Gasteiger partial charge in [-0.15, -0.1) is 0 Å². The second kappa shape index (κ2) is 10.5. The average molecular weight is 531 g/mol. The number of methoxy groups -OCH3 is 1. The van der Waals surface area contributed by atoms with E-state index in [1.807, 2.05) is 19.9 Å². The van der Waals surface area contributed by atoms with E-state index < -0.39 is 17.7 Å². The molecule has 38 heavy (non-hydrogen) atoms. The van der Waals surface area contributed by atoms with Crippen molar-refractivity contribution in [2.75, 3.05) is 25.2 Å². The normalized spacial score (nSPS) is 16.7. The maximum absolute atomic E-state index is 13.5. The number of aliphatic hydroxyl groups is 1. The van der Waals surface area contributed by atoms with Crippen LogP contribution in [0.3, 0.4) is 0 Å². The van der Waals surface area contributed by atoms with Crippen molar-refractivity contribution in [3.63, 3.8) is 0 Å². The van der Waals surface area contributed by atoms with E-state index in [-0.39, 0.29) is 11.3 Å². The van der Waals surface area contributed by atoms with Crippen LogP contribution in [0.15, 0.2) is 72.3 Å². The monoisotopic (exact) mass is 530 g/mol. The highest BCUT2D eigenvalue weighted by Crippen LogP contribution is 2.45. The second-order valence-electron chi connectivity index (χ2n) is 8.46. The molecular formula is C29H26N2O6S. The average Bonchev–Trinajstić information content (AvgIpc) is 3.47. The molecule has 2 heterocycles. The van der Waals surface area contributed by atoms with Crippen LogP contribution in [0.4, 0.5) is 5.13 Å². The molecule has 0 aliphatic carbocycles. The fourth-order valence-electron chi connectivity index (χ4n) is 4.41. The molecule has 1 aromatic heterocycles. The summed E-state index contributed by atoms with van der Waals surface area (Å²) >= 11 is 1.27. The lowest BCUT2D eigenvalue weighted by molar-refractivity contribution is -0.132. The molecule has 0 saturated carbocycles. The minimum Gasteiger partial charge on any atom is -0.507 e. The number of carbonyl (C=O) groups excluding carboxylic acids is 2. The van der Waals surface area contributed by atoms with Gasteiger partial charge >= 0.3 is 5.91 Å². The Morgan fingerprint density at radius 3 is 2.13 bits per heavy atom. The van der Waals surface area contributed by atoms with Crippen LogP contribution in [0.5, 0.6) is 17.2 Å². The van der Waals surface area contributed by atoms with Crippen molar-refractivity contribution < 1.29 is 28.9 Å². The fraction of sp³-hybridized carbons (Fsp3) is 0.207. The van der Waals surface area contributed by atoms with Gasteiger partial charge in [-0.3, -0.25) is 14.5 Å². The maximum atomic E-state index is 13.5. The number of amides is 1. The van der Waals surface area contributed by atoms with E-state index in [1.54, 1.807) is 67.8 Å². The number of aliphatic hydroxyl groups excluding tert-OH is 1. The third kappa shape index (κ3) is 4.56. The zero-order valence-corrected chi connectivity index (χ0v) is 22.0. The van der Waals surface area contributed by atoms with E-state index in [0.29, 0.717) is 52.2 Å². The summed E-state index contributed by atoms with van der Waals surface area (Å²) in [6.45, 7) is 4.78. The summed E-state index contributed by atoms with van der Waals surface area (Å²) in [5, 5.41) is 11.7. The van der Waals surface area contributed by atoms with Gasteiger partial charge < -0.3 is 19.3 Å². The van der Waals surface area contributed by atoms with Crippen molar-refractivity contribution >= 4 is 44.1 Å². The Hall–Kier alpha value is -4.37. The maximum Gasteiger partial charge on any atom is 0.301 e. The zero-order chi connectivity index (χ0) is 26.8. The Bertz CT molecular complexity index is 1530.